The lowest BCUT2D eigenvalue weighted by atomic mass is 9.88. The summed E-state index contributed by atoms with van der Waals surface area (Å²) in [7, 11) is 1.70. The molecule has 170 valence electrons. The third kappa shape index (κ3) is 5.93. The molecule has 0 saturated heterocycles. The molecule has 2 heterocycles. The van der Waals surface area contributed by atoms with Gasteiger partial charge in [-0.15, -0.1) is 0 Å². The number of hydrogen-bond acceptors (Lipinski definition) is 8. The number of methoxy groups -OCH3 is 1. The van der Waals surface area contributed by atoms with Crippen LogP contribution < -0.4 is 15.4 Å². The Kier molecular flexibility index (Phi) is 8.35. The number of benzene rings is 1. The van der Waals surface area contributed by atoms with Crippen molar-refractivity contribution in [2.24, 2.45) is 5.92 Å². The monoisotopic (exact) mass is 437 g/mol. The van der Waals surface area contributed by atoms with Crippen LogP contribution in [-0.2, 0) is 0 Å². The quantitative estimate of drug-likeness (QED) is 0.362. The molecular weight excluding hydrogens is 406 g/mol. The summed E-state index contributed by atoms with van der Waals surface area (Å²) < 4.78 is 5.51. The van der Waals surface area contributed by atoms with Crippen LogP contribution in [0.4, 0.5) is 11.6 Å². The molecule has 2 aromatic heterocycles. The van der Waals surface area contributed by atoms with Gasteiger partial charge in [0.2, 0.25) is 0 Å². The van der Waals surface area contributed by atoms with E-state index >= 15 is 0 Å². The first kappa shape index (κ1) is 23.4. The predicted octanol–water partition coefficient (Wildman–Crippen LogP) is 3.16. The van der Waals surface area contributed by atoms with Gasteiger partial charge < -0.3 is 25.6 Å². The highest BCUT2D eigenvalue weighted by atomic mass is 16.5. The van der Waals surface area contributed by atoms with E-state index in [1.54, 1.807) is 19.4 Å². The average Bonchev–Trinajstić information content (AvgIpc) is 2.85. The molecule has 8 nitrogen and oxygen atoms in total. The first-order valence-corrected chi connectivity index (χ1v) is 10.7. The highest BCUT2D eigenvalue weighted by Gasteiger charge is 2.18. The number of aliphatic hydroxyl groups excluding tert-OH is 2. The lowest BCUT2D eigenvalue weighted by molar-refractivity contribution is 0.203. The second-order valence-electron chi connectivity index (χ2n) is 7.82. The smallest absolute Gasteiger partial charge is 0.129 e. The van der Waals surface area contributed by atoms with Gasteiger partial charge in [-0.1, -0.05) is 32.0 Å². The summed E-state index contributed by atoms with van der Waals surface area (Å²) in [6.07, 6.45) is 3.23. The Morgan fingerprint density at radius 1 is 0.969 bits per heavy atom. The molecule has 0 aliphatic heterocycles. The number of para-hydroxylation sites is 1. The molecule has 0 amide bonds. The highest BCUT2D eigenvalue weighted by Crippen LogP contribution is 2.31. The van der Waals surface area contributed by atoms with E-state index in [0.29, 0.717) is 17.7 Å². The molecule has 2 unspecified atom stereocenters. The zero-order chi connectivity index (χ0) is 22.9. The summed E-state index contributed by atoms with van der Waals surface area (Å²) in [5.74, 6) is 2.89. The summed E-state index contributed by atoms with van der Waals surface area (Å²) >= 11 is 0. The van der Waals surface area contributed by atoms with Gasteiger partial charge in [0.15, 0.2) is 0 Å². The van der Waals surface area contributed by atoms with Crippen LogP contribution in [0.25, 0.3) is 11.3 Å². The molecule has 8 heteroatoms. The number of anilines is 2. The molecule has 3 rings (SSSR count). The number of nitrogens with zero attached hydrogens (tertiary/aromatic N) is 3. The Morgan fingerprint density at radius 3 is 2.44 bits per heavy atom. The molecule has 32 heavy (non-hydrogen) atoms. The second kappa shape index (κ2) is 11.4. The zero-order valence-electron chi connectivity index (χ0n) is 18.7. The molecular formula is C24H31N5O3. The fourth-order valence-corrected chi connectivity index (χ4v) is 3.39. The van der Waals surface area contributed by atoms with Crippen LogP contribution in [0.1, 0.15) is 25.3 Å². The predicted molar refractivity (Wildman–Crippen MR) is 126 cm³/mol. The molecule has 2 atom stereocenters. The van der Waals surface area contributed by atoms with E-state index in [4.69, 9.17) is 4.74 Å². The molecule has 0 radical (unpaired) electrons. The van der Waals surface area contributed by atoms with Crippen molar-refractivity contribution in [3.05, 3.63) is 60.6 Å². The average molecular weight is 438 g/mol. The summed E-state index contributed by atoms with van der Waals surface area (Å²) in [6.45, 7) is 4.81. The van der Waals surface area contributed by atoms with E-state index in [1.807, 2.05) is 30.3 Å². The van der Waals surface area contributed by atoms with Crippen molar-refractivity contribution in [1.29, 1.82) is 0 Å². The van der Waals surface area contributed by atoms with Crippen LogP contribution in [0.3, 0.4) is 0 Å². The van der Waals surface area contributed by atoms with Crippen molar-refractivity contribution < 1.29 is 14.9 Å². The first-order chi connectivity index (χ1) is 15.5. The van der Waals surface area contributed by atoms with Crippen molar-refractivity contribution in [2.45, 2.75) is 25.8 Å². The molecule has 3 aromatic rings. The van der Waals surface area contributed by atoms with Gasteiger partial charge in [0.25, 0.3) is 0 Å². The van der Waals surface area contributed by atoms with Gasteiger partial charge in [-0.2, -0.15) is 0 Å². The summed E-state index contributed by atoms with van der Waals surface area (Å²) in [5, 5.41) is 24.8. The van der Waals surface area contributed by atoms with Gasteiger partial charge in [0.05, 0.1) is 32.1 Å². The second-order valence-corrected chi connectivity index (χ2v) is 7.82. The highest BCUT2D eigenvalue weighted by molar-refractivity contribution is 5.62. The largest absolute Gasteiger partial charge is 0.496 e. The molecule has 0 saturated carbocycles. The minimum atomic E-state index is -0.441. The number of aliphatic hydroxyl groups is 2. The van der Waals surface area contributed by atoms with Crippen LogP contribution in [0.5, 0.6) is 5.75 Å². The number of hydrogen-bond donors (Lipinski definition) is 4. The minimum absolute atomic E-state index is 0.172. The number of rotatable bonds is 11. The molecule has 0 aliphatic rings. The minimum Gasteiger partial charge on any atom is -0.496 e. The standard InChI is InChI=1S/C24H31N5O3/c1-16(17(2)20-6-4-5-7-22(20)32-3)11-25-24-10-21(27-15-28-24)18-8-9-23(26-12-18)29-19(13-30)14-31/h4-10,12,15-17,19,30-31H,11,13-14H2,1-3H3,(H,26,29)(H,25,27,28). The van der Waals surface area contributed by atoms with E-state index in [-0.39, 0.29) is 13.2 Å². The van der Waals surface area contributed by atoms with Crippen molar-refractivity contribution in [1.82, 2.24) is 15.0 Å². The maximum atomic E-state index is 9.18. The van der Waals surface area contributed by atoms with Gasteiger partial charge in [0.1, 0.15) is 23.7 Å². The molecule has 1 aromatic carbocycles. The van der Waals surface area contributed by atoms with E-state index in [0.717, 1.165) is 29.4 Å². The van der Waals surface area contributed by atoms with Crippen LogP contribution in [-0.4, -0.2) is 58.1 Å². The Bertz CT molecular complexity index is 979. The molecule has 0 spiro atoms. The summed E-state index contributed by atoms with van der Waals surface area (Å²) in [4.78, 5) is 13.0. The van der Waals surface area contributed by atoms with Gasteiger partial charge in [-0.3, -0.25) is 0 Å². The summed E-state index contributed by atoms with van der Waals surface area (Å²) in [5.41, 5.74) is 2.80. The lowest BCUT2D eigenvalue weighted by Crippen LogP contribution is -2.28. The maximum absolute atomic E-state index is 9.18. The van der Waals surface area contributed by atoms with E-state index < -0.39 is 6.04 Å². The molecule has 4 N–H and O–H groups in total. The first-order valence-electron chi connectivity index (χ1n) is 10.7. The molecule has 0 aliphatic carbocycles. The maximum Gasteiger partial charge on any atom is 0.129 e. The number of ether oxygens (including phenoxy) is 1. The topological polar surface area (TPSA) is 112 Å². The number of nitrogens with one attached hydrogen (secondary N) is 2. The molecule has 0 fully saturated rings. The Labute approximate surface area is 188 Å². The van der Waals surface area contributed by atoms with Crippen molar-refractivity contribution in [3.8, 4) is 17.0 Å². The third-order valence-electron chi connectivity index (χ3n) is 5.61. The van der Waals surface area contributed by atoms with Gasteiger partial charge in [0, 0.05) is 24.4 Å². The lowest BCUT2D eigenvalue weighted by Gasteiger charge is -2.23. The van der Waals surface area contributed by atoms with Crippen LogP contribution in [0.2, 0.25) is 0 Å². The Hall–Kier alpha value is -3.23. The Morgan fingerprint density at radius 2 is 1.75 bits per heavy atom. The van der Waals surface area contributed by atoms with Crippen LogP contribution >= 0.6 is 0 Å². The summed E-state index contributed by atoms with van der Waals surface area (Å²) in [6, 6.07) is 13.3. The van der Waals surface area contributed by atoms with Crippen LogP contribution in [0, 0.1) is 5.92 Å². The fourth-order valence-electron chi connectivity index (χ4n) is 3.39. The van der Waals surface area contributed by atoms with E-state index in [9.17, 15) is 10.2 Å². The SMILES string of the molecule is COc1ccccc1C(C)C(C)CNc1cc(-c2ccc(NC(CO)CO)nc2)ncn1. The van der Waals surface area contributed by atoms with E-state index in [2.05, 4.69) is 45.5 Å². The normalized spacial score (nSPS) is 12.9. The van der Waals surface area contributed by atoms with Crippen molar-refractivity contribution in [2.75, 3.05) is 37.5 Å². The number of aromatic nitrogens is 3. The molecule has 0 bridgehead atoms. The Balaban J connectivity index is 1.63. The van der Waals surface area contributed by atoms with Crippen molar-refractivity contribution in [3.63, 3.8) is 0 Å². The zero-order valence-corrected chi connectivity index (χ0v) is 18.7. The van der Waals surface area contributed by atoms with Gasteiger partial charge >= 0.3 is 0 Å². The van der Waals surface area contributed by atoms with Crippen molar-refractivity contribution >= 4 is 11.6 Å². The number of pyridine rings is 1. The van der Waals surface area contributed by atoms with Gasteiger partial charge in [-0.05, 0) is 35.6 Å². The fraction of sp³-hybridized carbons (Fsp3) is 0.375. The van der Waals surface area contributed by atoms with Crippen LogP contribution in [0.15, 0.2) is 55.0 Å². The van der Waals surface area contributed by atoms with Gasteiger partial charge in [-0.25, -0.2) is 15.0 Å². The third-order valence-corrected chi connectivity index (χ3v) is 5.61. The van der Waals surface area contributed by atoms with E-state index in [1.165, 1.54) is 11.9 Å².